The van der Waals surface area contributed by atoms with E-state index in [0.29, 0.717) is 17.9 Å². The van der Waals surface area contributed by atoms with Gasteiger partial charge in [0.15, 0.2) is 0 Å². The van der Waals surface area contributed by atoms with Crippen molar-refractivity contribution in [2.45, 2.75) is 78.4 Å². The maximum Gasteiger partial charge on any atom is 0.127 e. The Balaban J connectivity index is 2.92. The van der Waals surface area contributed by atoms with Crippen molar-refractivity contribution in [1.29, 1.82) is 0 Å². The lowest BCUT2D eigenvalue weighted by Gasteiger charge is -2.43. The molecule has 0 spiro atoms. The molecule has 3 nitrogen and oxygen atoms in total. The van der Waals surface area contributed by atoms with Gasteiger partial charge in [0, 0.05) is 6.61 Å². The fourth-order valence-corrected chi connectivity index (χ4v) is 2.54. The normalized spacial score (nSPS) is 24.0. The Morgan fingerprint density at radius 2 is 1.67 bits per heavy atom. The summed E-state index contributed by atoms with van der Waals surface area (Å²) in [5, 5.41) is 0. The van der Waals surface area contributed by atoms with Gasteiger partial charge in [0.1, 0.15) is 11.4 Å². The molecule has 0 radical (unpaired) electrons. The molecule has 1 aliphatic carbocycles. The summed E-state index contributed by atoms with van der Waals surface area (Å²) in [6.07, 6.45) is 4.26. The van der Waals surface area contributed by atoms with E-state index in [4.69, 9.17) is 10.5 Å². The number of nitrogens with zero attached hydrogens (tertiary/aromatic N) is 1. The number of ether oxygens (including phenoxy) is 1. The number of rotatable bonds is 3. The van der Waals surface area contributed by atoms with E-state index in [1.165, 1.54) is 0 Å². The average Bonchev–Trinajstić information content (AvgIpc) is 2.19. The molecular formula is C15H30N2O. The summed E-state index contributed by atoms with van der Waals surface area (Å²) in [5.41, 5.74) is 6.21. The Bertz CT molecular complexity index is 303. The smallest absolute Gasteiger partial charge is 0.127 e. The Morgan fingerprint density at radius 3 is 2.06 bits per heavy atom. The van der Waals surface area contributed by atoms with E-state index in [1.807, 2.05) is 6.92 Å². The lowest BCUT2D eigenvalue weighted by Crippen LogP contribution is -2.51. The van der Waals surface area contributed by atoms with Crippen molar-refractivity contribution in [3.63, 3.8) is 0 Å². The van der Waals surface area contributed by atoms with Gasteiger partial charge in [0.2, 0.25) is 0 Å². The molecule has 0 aromatic rings. The first-order valence-corrected chi connectivity index (χ1v) is 7.10. The Morgan fingerprint density at radius 1 is 1.17 bits per heavy atom. The van der Waals surface area contributed by atoms with Gasteiger partial charge in [0.05, 0.1) is 5.54 Å². The lowest BCUT2D eigenvalue weighted by atomic mass is 9.70. The van der Waals surface area contributed by atoms with Crippen LogP contribution in [-0.4, -0.2) is 23.6 Å². The highest BCUT2D eigenvalue weighted by Gasteiger charge is 2.42. The zero-order chi connectivity index (χ0) is 14.0. The van der Waals surface area contributed by atoms with Crippen LogP contribution in [0.3, 0.4) is 0 Å². The van der Waals surface area contributed by atoms with Crippen molar-refractivity contribution in [3.8, 4) is 0 Å². The summed E-state index contributed by atoms with van der Waals surface area (Å²) in [6, 6.07) is 0. The quantitative estimate of drug-likeness (QED) is 0.619. The predicted molar refractivity (Wildman–Crippen MR) is 78.0 cm³/mol. The highest BCUT2D eigenvalue weighted by molar-refractivity contribution is 5.89. The van der Waals surface area contributed by atoms with Crippen LogP contribution < -0.4 is 5.73 Å². The molecule has 0 aliphatic heterocycles. The Hall–Kier alpha value is -0.570. The van der Waals surface area contributed by atoms with E-state index in [9.17, 15) is 0 Å². The fourth-order valence-electron chi connectivity index (χ4n) is 2.54. The standard InChI is InChI=1S/C15H30N2O/c1-7-18-15(12(16)17-13(2,3)4)10-8-14(5,6)9-11-15/h7-11H2,1-6H3,(H2,16,17). The van der Waals surface area contributed by atoms with Crippen LogP contribution in [0.5, 0.6) is 0 Å². The zero-order valence-electron chi connectivity index (χ0n) is 13.0. The van der Waals surface area contributed by atoms with Gasteiger partial charge in [-0.15, -0.1) is 0 Å². The van der Waals surface area contributed by atoms with Gasteiger partial charge in [-0.25, -0.2) is 0 Å². The average molecular weight is 254 g/mol. The largest absolute Gasteiger partial charge is 0.385 e. The molecule has 0 heterocycles. The molecule has 3 heteroatoms. The molecule has 1 fully saturated rings. The fraction of sp³-hybridized carbons (Fsp3) is 0.933. The summed E-state index contributed by atoms with van der Waals surface area (Å²) >= 11 is 0. The number of hydrogen-bond donors (Lipinski definition) is 1. The van der Waals surface area contributed by atoms with Crippen LogP contribution in [0.1, 0.15) is 67.2 Å². The minimum Gasteiger partial charge on any atom is -0.385 e. The third-order valence-corrected chi connectivity index (χ3v) is 3.75. The minimum absolute atomic E-state index is 0.138. The molecule has 2 N–H and O–H groups in total. The molecule has 106 valence electrons. The highest BCUT2D eigenvalue weighted by Crippen LogP contribution is 2.42. The summed E-state index contributed by atoms with van der Waals surface area (Å²) in [6.45, 7) is 13.6. The summed E-state index contributed by atoms with van der Waals surface area (Å²) in [5.74, 6) is 0.687. The Kier molecular flexibility index (Phi) is 4.47. The van der Waals surface area contributed by atoms with Crippen LogP contribution in [0.4, 0.5) is 0 Å². The van der Waals surface area contributed by atoms with Crippen molar-refractivity contribution in [3.05, 3.63) is 0 Å². The van der Waals surface area contributed by atoms with Gasteiger partial charge in [-0.3, -0.25) is 4.99 Å². The summed E-state index contributed by atoms with van der Waals surface area (Å²) in [7, 11) is 0. The van der Waals surface area contributed by atoms with Crippen LogP contribution >= 0.6 is 0 Å². The summed E-state index contributed by atoms with van der Waals surface area (Å²) in [4.78, 5) is 4.64. The third kappa shape index (κ3) is 3.98. The second-order valence-corrected chi connectivity index (χ2v) is 7.26. The van der Waals surface area contributed by atoms with Crippen molar-refractivity contribution >= 4 is 5.84 Å². The topological polar surface area (TPSA) is 47.6 Å². The molecule has 1 rings (SSSR count). The van der Waals surface area contributed by atoms with Crippen molar-refractivity contribution in [2.24, 2.45) is 16.1 Å². The van der Waals surface area contributed by atoms with Gasteiger partial charge < -0.3 is 10.5 Å². The van der Waals surface area contributed by atoms with Crippen LogP contribution in [0.25, 0.3) is 0 Å². The van der Waals surface area contributed by atoms with E-state index in [1.54, 1.807) is 0 Å². The maximum absolute atomic E-state index is 6.27. The number of aliphatic imine (C=N–C) groups is 1. The molecule has 0 aromatic carbocycles. The molecular weight excluding hydrogens is 224 g/mol. The van der Waals surface area contributed by atoms with Crippen molar-refractivity contribution in [2.75, 3.05) is 6.61 Å². The van der Waals surface area contributed by atoms with E-state index in [-0.39, 0.29) is 11.1 Å². The molecule has 0 saturated heterocycles. The van der Waals surface area contributed by atoms with E-state index >= 15 is 0 Å². The first-order chi connectivity index (χ1) is 8.10. The molecule has 0 bridgehead atoms. The monoisotopic (exact) mass is 254 g/mol. The zero-order valence-corrected chi connectivity index (χ0v) is 13.0. The SMILES string of the molecule is CCOC1(C(N)=NC(C)(C)C)CCC(C)(C)CC1. The van der Waals surface area contributed by atoms with Crippen LogP contribution in [-0.2, 0) is 4.74 Å². The minimum atomic E-state index is -0.322. The molecule has 0 atom stereocenters. The Labute approximate surface area is 112 Å². The summed E-state index contributed by atoms with van der Waals surface area (Å²) < 4.78 is 6.02. The molecule has 18 heavy (non-hydrogen) atoms. The predicted octanol–water partition coefficient (Wildman–Crippen LogP) is 3.52. The van der Waals surface area contributed by atoms with Crippen LogP contribution in [0, 0.1) is 5.41 Å². The second-order valence-electron chi connectivity index (χ2n) is 7.26. The van der Waals surface area contributed by atoms with Gasteiger partial charge in [0.25, 0.3) is 0 Å². The lowest BCUT2D eigenvalue weighted by molar-refractivity contribution is -0.0344. The molecule has 0 unspecified atom stereocenters. The highest BCUT2D eigenvalue weighted by atomic mass is 16.5. The molecule has 1 aliphatic rings. The van der Waals surface area contributed by atoms with E-state index in [0.717, 1.165) is 25.7 Å². The molecule has 0 amide bonds. The van der Waals surface area contributed by atoms with Gasteiger partial charge in [-0.05, 0) is 58.8 Å². The number of hydrogen-bond acceptors (Lipinski definition) is 2. The van der Waals surface area contributed by atoms with Gasteiger partial charge in [-0.2, -0.15) is 0 Å². The van der Waals surface area contributed by atoms with E-state index in [2.05, 4.69) is 39.6 Å². The number of nitrogens with two attached hydrogens (primary N) is 1. The van der Waals surface area contributed by atoms with Crippen molar-refractivity contribution < 1.29 is 4.74 Å². The van der Waals surface area contributed by atoms with Crippen LogP contribution in [0.2, 0.25) is 0 Å². The van der Waals surface area contributed by atoms with Crippen LogP contribution in [0.15, 0.2) is 4.99 Å². The van der Waals surface area contributed by atoms with Crippen molar-refractivity contribution in [1.82, 2.24) is 0 Å². The first kappa shape index (κ1) is 15.5. The molecule has 1 saturated carbocycles. The first-order valence-electron chi connectivity index (χ1n) is 7.10. The maximum atomic E-state index is 6.27. The van der Waals surface area contributed by atoms with Gasteiger partial charge in [-0.1, -0.05) is 13.8 Å². The second kappa shape index (κ2) is 5.20. The van der Waals surface area contributed by atoms with Gasteiger partial charge >= 0.3 is 0 Å². The number of amidine groups is 1. The third-order valence-electron chi connectivity index (χ3n) is 3.75. The molecule has 0 aromatic heterocycles. The van der Waals surface area contributed by atoms with E-state index < -0.39 is 0 Å².